The standard InChI is InChI=1S/C17H24N2O4S/c1-2-11-23-16(21)14(18)8-9-15(20)19-10-12-24-17(22)13-6-4-3-5-7-13/h3-7,14H,2,8-12,18H2,1H3,(H,19,20)/t14-/m0/s1. The topological polar surface area (TPSA) is 98.5 Å². The first-order valence-electron chi connectivity index (χ1n) is 7.95. The smallest absolute Gasteiger partial charge is 0.322 e. The Bertz CT molecular complexity index is 537. The van der Waals surface area contributed by atoms with Crippen molar-refractivity contribution in [2.45, 2.75) is 32.2 Å². The Kier molecular flexibility index (Phi) is 9.79. The molecule has 0 spiro atoms. The number of amides is 1. The van der Waals surface area contributed by atoms with E-state index >= 15 is 0 Å². The van der Waals surface area contributed by atoms with Crippen molar-refractivity contribution in [1.29, 1.82) is 0 Å². The lowest BCUT2D eigenvalue weighted by Gasteiger charge is -2.11. The summed E-state index contributed by atoms with van der Waals surface area (Å²) in [5.41, 5.74) is 6.31. The van der Waals surface area contributed by atoms with Gasteiger partial charge in [0.25, 0.3) is 0 Å². The number of thioether (sulfide) groups is 1. The summed E-state index contributed by atoms with van der Waals surface area (Å²) in [5.74, 6) is -0.181. The number of hydrogen-bond donors (Lipinski definition) is 2. The zero-order valence-corrected chi connectivity index (χ0v) is 14.6. The van der Waals surface area contributed by atoms with Crippen LogP contribution in [0.3, 0.4) is 0 Å². The van der Waals surface area contributed by atoms with Crippen LogP contribution in [0.15, 0.2) is 30.3 Å². The Morgan fingerprint density at radius 3 is 2.62 bits per heavy atom. The van der Waals surface area contributed by atoms with Gasteiger partial charge in [0.1, 0.15) is 6.04 Å². The van der Waals surface area contributed by atoms with E-state index < -0.39 is 12.0 Å². The minimum Gasteiger partial charge on any atom is -0.465 e. The van der Waals surface area contributed by atoms with E-state index in [1.807, 2.05) is 25.1 Å². The number of esters is 1. The fourth-order valence-corrected chi connectivity index (χ4v) is 2.49. The molecular weight excluding hydrogens is 328 g/mol. The Morgan fingerprint density at radius 2 is 1.96 bits per heavy atom. The molecule has 0 radical (unpaired) electrons. The van der Waals surface area contributed by atoms with Crippen LogP contribution < -0.4 is 11.1 Å². The van der Waals surface area contributed by atoms with Gasteiger partial charge in [-0.2, -0.15) is 0 Å². The molecule has 0 heterocycles. The quantitative estimate of drug-likeness (QED) is 0.492. The minimum absolute atomic E-state index is 0.0226. The third-order valence-electron chi connectivity index (χ3n) is 3.10. The molecule has 132 valence electrons. The molecule has 1 rings (SSSR count). The van der Waals surface area contributed by atoms with Crippen molar-refractivity contribution in [3.05, 3.63) is 35.9 Å². The van der Waals surface area contributed by atoms with Crippen LogP contribution in [0.4, 0.5) is 0 Å². The zero-order chi connectivity index (χ0) is 17.8. The summed E-state index contributed by atoms with van der Waals surface area (Å²) in [4.78, 5) is 35.0. The monoisotopic (exact) mass is 352 g/mol. The summed E-state index contributed by atoms with van der Waals surface area (Å²) in [6.07, 6.45) is 1.13. The maximum Gasteiger partial charge on any atom is 0.322 e. The molecule has 1 aromatic rings. The van der Waals surface area contributed by atoms with Crippen molar-refractivity contribution in [1.82, 2.24) is 5.32 Å². The number of nitrogens with one attached hydrogen (secondary N) is 1. The molecule has 24 heavy (non-hydrogen) atoms. The second-order valence-corrected chi connectivity index (χ2v) is 6.23. The second-order valence-electron chi connectivity index (χ2n) is 5.16. The van der Waals surface area contributed by atoms with E-state index in [9.17, 15) is 14.4 Å². The Balaban J connectivity index is 2.13. The SMILES string of the molecule is CCCOC(=O)[C@@H](N)CCC(=O)NCCSC(=O)c1ccccc1. The number of rotatable bonds is 10. The van der Waals surface area contributed by atoms with E-state index in [-0.39, 0.29) is 23.9 Å². The van der Waals surface area contributed by atoms with Gasteiger partial charge >= 0.3 is 5.97 Å². The predicted octanol–water partition coefficient (Wildman–Crippen LogP) is 1.74. The molecule has 3 N–H and O–H groups in total. The van der Waals surface area contributed by atoms with Crippen molar-refractivity contribution in [2.75, 3.05) is 18.9 Å². The molecule has 0 unspecified atom stereocenters. The molecular formula is C17H24N2O4S. The predicted molar refractivity (Wildman–Crippen MR) is 94.7 cm³/mol. The van der Waals surface area contributed by atoms with E-state index in [1.54, 1.807) is 12.1 Å². The fourth-order valence-electron chi connectivity index (χ4n) is 1.79. The molecule has 1 aromatic carbocycles. The number of carbonyl (C=O) groups excluding carboxylic acids is 3. The highest BCUT2D eigenvalue weighted by atomic mass is 32.2. The lowest BCUT2D eigenvalue weighted by Crippen LogP contribution is -2.35. The maximum atomic E-state index is 11.8. The van der Waals surface area contributed by atoms with Crippen molar-refractivity contribution in [3.8, 4) is 0 Å². The molecule has 0 bridgehead atoms. The summed E-state index contributed by atoms with van der Waals surface area (Å²) in [6, 6.07) is 8.20. The average Bonchev–Trinajstić information content (AvgIpc) is 2.61. The number of benzene rings is 1. The van der Waals surface area contributed by atoms with Crippen molar-refractivity contribution < 1.29 is 19.1 Å². The van der Waals surface area contributed by atoms with Gasteiger partial charge in [-0.05, 0) is 12.8 Å². The number of nitrogens with two attached hydrogens (primary N) is 1. The van der Waals surface area contributed by atoms with Crippen LogP contribution in [0.1, 0.15) is 36.5 Å². The van der Waals surface area contributed by atoms with Gasteiger partial charge in [0.15, 0.2) is 0 Å². The van der Waals surface area contributed by atoms with Crippen LogP contribution in [0.2, 0.25) is 0 Å². The van der Waals surface area contributed by atoms with Crippen LogP contribution in [-0.4, -0.2) is 41.9 Å². The third-order valence-corrected chi connectivity index (χ3v) is 4.01. The molecule has 0 aliphatic heterocycles. The van der Waals surface area contributed by atoms with Crippen molar-refractivity contribution in [3.63, 3.8) is 0 Å². The van der Waals surface area contributed by atoms with Crippen molar-refractivity contribution in [2.24, 2.45) is 5.73 Å². The van der Waals surface area contributed by atoms with Crippen LogP contribution in [0, 0.1) is 0 Å². The molecule has 0 saturated carbocycles. The molecule has 1 atom stereocenters. The summed E-state index contributed by atoms with van der Waals surface area (Å²) in [6.45, 7) is 2.62. The molecule has 0 saturated heterocycles. The maximum absolute atomic E-state index is 11.8. The van der Waals surface area contributed by atoms with Crippen LogP contribution >= 0.6 is 11.8 Å². The Morgan fingerprint density at radius 1 is 1.25 bits per heavy atom. The summed E-state index contributed by atoms with van der Waals surface area (Å²) < 4.78 is 4.92. The van der Waals surface area contributed by atoms with Gasteiger partial charge in [-0.3, -0.25) is 14.4 Å². The fraction of sp³-hybridized carbons (Fsp3) is 0.471. The van der Waals surface area contributed by atoms with Crippen molar-refractivity contribution >= 4 is 28.8 Å². The summed E-state index contributed by atoms with van der Waals surface area (Å²) in [5, 5.41) is 2.68. The van der Waals surface area contributed by atoms with E-state index in [1.165, 1.54) is 0 Å². The normalized spacial score (nSPS) is 11.6. The molecule has 0 fully saturated rings. The van der Waals surface area contributed by atoms with Gasteiger partial charge in [-0.1, -0.05) is 49.0 Å². The molecule has 7 heteroatoms. The van der Waals surface area contributed by atoms with E-state index in [4.69, 9.17) is 10.5 Å². The third kappa shape index (κ3) is 8.12. The molecule has 1 amide bonds. The largest absolute Gasteiger partial charge is 0.465 e. The van der Waals surface area contributed by atoms with Gasteiger partial charge in [0.2, 0.25) is 11.0 Å². The number of carbonyl (C=O) groups is 3. The lowest BCUT2D eigenvalue weighted by molar-refractivity contribution is -0.145. The van der Waals surface area contributed by atoms with Crippen LogP contribution in [0.25, 0.3) is 0 Å². The summed E-state index contributed by atoms with van der Waals surface area (Å²) >= 11 is 1.16. The Labute approximate surface area is 146 Å². The first kappa shape index (κ1) is 20.2. The second kappa shape index (κ2) is 11.6. The molecule has 6 nitrogen and oxygen atoms in total. The summed E-state index contributed by atoms with van der Waals surface area (Å²) in [7, 11) is 0. The highest BCUT2D eigenvalue weighted by Crippen LogP contribution is 2.11. The van der Waals surface area contributed by atoms with E-state index in [0.29, 0.717) is 24.5 Å². The van der Waals surface area contributed by atoms with Crippen LogP contribution in [-0.2, 0) is 14.3 Å². The Hall–Kier alpha value is -1.86. The van der Waals surface area contributed by atoms with E-state index in [2.05, 4.69) is 5.32 Å². The molecule has 0 aliphatic rings. The first-order valence-corrected chi connectivity index (χ1v) is 8.94. The lowest BCUT2D eigenvalue weighted by atomic mass is 10.1. The van der Waals surface area contributed by atoms with Gasteiger partial charge in [-0.25, -0.2) is 0 Å². The molecule has 0 aromatic heterocycles. The minimum atomic E-state index is -0.781. The first-order chi connectivity index (χ1) is 11.5. The number of ether oxygens (including phenoxy) is 1. The molecule has 0 aliphatic carbocycles. The van der Waals surface area contributed by atoms with Gasteiger partial charge < -0.3 is 15.8 Å². The van der Waals surface area contributed by atoms with Gasteiger partial charge in [-0.15, -0.1) is 0 Å². The zero-order valence-electron chi connectivity index (χ0n) is 13.8. The average molecular weight is 352 g/mol. The van der Waals surface area contributed by atoms with E-state index in [0.717, 1.165) is 18.2 Å². The number of hydrogen-bond acceptors (Lipinski definition) is 6. The highest BCUT2D eigenvalue weighted by Gasteiger charge is 2.16. The van der Waals surface area contributed by atoms with Gasteiger partial charge in [0.05, 0.1) is 6.61 Å². The van der Waals surface area contributed by atoms with Crippen LogP contribution in [0.5, 0.6) is 0 Å². The highest BCUT2D eigenvalue weighted by molar-refractivity contribution is 8.14. The van der Waals surface area contributed by atoms with Gasteiger partial charge in [0, 0.05) is 24.3 Å².